The topological polar surface area (TPSA) is 69.2 Å². The van der Waals surface area contributed by atoms with Crippen LogP contribution in [-0.2, 0) is 4.74 Å². The molecule has 2 heterocycles. The van der Waals surface area contributed by atoms with Crippen LogP contribution >= 0.6 is 22.7 Å². The van der Waals surface area contributed by atoms with Crippen LogP contribution in [0.2, 0.25) is 0 Å². The van der Waals surface area contributed by atoms with Gasteiger partial charge in [-0.2, -0.15) is 0 Å². The Morgan fingerprint density at radius 2 is 0.943 bits per heavy atom. The van der Waals surface area contributed by atoms with Gasteiger partial charge in [0.1, 0.15) is 10.0 Å². The average molecular weight is 493 g/mol. The molecule has 0 aliphatic carbocycles. The normalized spacial score (nSPS) is 11.1. The van der Waals surface area contributed by atoms with Crippen molar-refractivity contribution in [2.45, 2.75) is 0 Å². The van der Waals surface area contributed by atoms with Crippen LogP contribution in [0.5, 0.6) is 0 Å². The molecule has 0 aliphatic rings. The van der Waals surface area contributed by atoms with Crippen molar-refractivity contribution < 1.29 is 14.3 Å². The third kappa shape index (κ3) is 4.01. The summed E-state index contributed by atoms with van der Waals surface area (Å²) in [4.78, 5) is 35.6. The number of rotatable bonds is 4. The fourth-order valence-corrected chi connectivity index (χ4v) is 5.87. The number of fused-ring (bicyclic) bond motifs is 2. The summed E-state index contributed by atoms with van der Waals surface area (Å²) in [5.41, 5.74) is 3.56. The zero-order valence-electron chi connectivity index (χ0n) is 18.2. The van der Waals surface area contributed by atoms with E-state index in [0.717, 1.165) is 20.4 Å². The summed E-state index contributed by atoms with van der Waals surface area (Å²) in [6, 6.07) is 29.7. The first-order valence-electron chi connectivity index (χ1n) is 10.8. The summed E-state index contributed by atoms with van der Waals surface area (Å²) in [6.07, 6.45) is 0. The molecule has 2 aromatic heterocycles. The molecule has 4 aromatic carbocycles. The van der Waals surface area contributed by atoms with Gasteiger partial charge >= 0.3 is 11.9 Å². The summed E-state index contributed by atoms with van der Waals surface area (Å²) >= 11 is 2.98. The summed E-state index contributed by atoms with van der Waals surface area (Å²) in [6.45, 7) is 0. The maximum Gasteiger partial charge on any atom is 0.346 e. The van der Waals surface area contributed by atoms with Gasteiger partial charge in [0.15, 0.2) is 0 Å². The second-order valence-electron chi connectivity index (χ2n) is 7.74. The van der Waals surface area contributed by atoms with E-state index in [4.69, 9.17) is 4.74 Å². The highest BCUT2D eigenvalue weighted by atomic mass is 32.1. The molecule has 0 bridgehead atoms. The zero-order chi connectivity index (χ0) is 23.8. The number of ether oxygens (including phenoxy) is 1. The molecule has 0 unspecified atom stereocenters. The number of hydrogen-bond donors (Lipinski definition) is 0. The lowest BCUT2D eigenvalue weighted by Gasteiger charge is -2.09. The number of esters is 2. The van der Waals surface area contributed by atoms with Crippen molar-refractivity contribution in [1.82, 2.24) is 9.97 Å². The van der Waals surface area contributed by atoms with Crippen LogP contribution in [0.15, 0.2) is 97.1 Å². The van der Waals surface area contributed by atoms with Gasteiger partial charge < -0.3 is 4.74 Å². The first kappa shape index (κ1) is 21.3. The predicted molar refractivity (Wildman–Crippen MR) is 140 cm³/mol. The molecule has 0 atom stereocenters. The van der Waals surface area contributed by atoms with Gasteiger partial charge in [-0.05, 0) is 36.4 Å². The van der Waals surface area contributed by atoms with Gasteiger partial charge in [0, 0.05) is 11.1 Å². The number of nitrogens with zero attached hydrogens (tertiary/aromatic N) is 2. The number of hydrogen-bond acceptors (Lipinski definition) is 7. The highest BCUT2D eigenvalue weighted by Gasteiger charge is 2.23. The molecule has 6 aromatic rings. The molecule has 0 saturated heterocycles. The lowest BCUT2D eigenvalue weighted by molar-refractivity contribution is 0.0399. The summed E-state index contributed by atoms with van der Waals surface area (Å²) in [5.74, 6) is -1.44. The van der Waals surface area contributed by atoms with Crippen molar-refractivity contribution in [3.8, 4) is 21.1 Å². The van der Waals surface area contributed by atoms with Crippen LogP contribution in [0.25, 0.3) is 41.6 Å². The van der Waals surface area contributed by atoms with Gasteiger partial charge in [-0.3, -0.25) is 0 Å². The minimum Gasteiger partial charge on any atom is -0.386 e. The van der Waals surface area contributed by atoms with Crippen LogP contribution in [0, 0.1) is 0 Å². The standard InChI is InChI=1S/C28H16N2O3S2/c31-27(19-11-3-1-9-17(19)25-29-21-13-5-7-15-23(21)34-25)33-28(32)20-12-4-2-10-18(20)26-30-22-14-6-8-16-24(22)35-26/h1-16H. The molecule has 7 heteroatoms. The zero-order valence-corrected chi connectivity index (χ0v) is 19.8. The molecule has 0 saturated carbocycles. The molecule has 6 rings (SSSR count). The highest BCUT2D eigenvalue weighted by Crippen LogP contribution is 2.34. The van der Waals surface area contributed by atoms with Crippen molar-refractivity contribution in [3.63, 3.8) is 0 Å². The molecule has 0 aliphatic heterocycles. The number of para-hydroxylation sites is 2. The molecule has 35 heavy (non-hydrogen) atoms. The first-order valence-corrected chi connectivity index (χ1v) is 12.5. The molecule has 0 spiro atoms. The van der Waals surface area contributed by atoms with E-state index in [1.807, 2.05) is 72.8 Å². The molecule has 168 valence electrons. The van der Waals surface area contributed by atoms with Crippen LogP contribution in [0.3, 0.4) is 0 Å². The highest BCUT2D eigenvalue weighted by molar-refractivity contribution is 7.22. The van der Waals surface area contributed by atoms with Gasteiger partial charge in [-0.25, -0.2) is 19.6 Å². The Bertz CT molecular complexity index is 1540. The Morgan fingerprint density at radius 3 is 1.40 bits per heavy atom. The Kier molecular flexibility index (Phi) is 5.41. The quantitative estimate of drug-likeness (QED) is 0.192. The number of carbonyl (C=O) groups excluding carboxylic acids is 2. The Balaban J connectivity index is 1.32. The smallest absolute Gasteiger partial charge is 0.346 e. The van der Waals surface area contributed by atoms with Crippen molar-refractivity contribution in [2.75, 3.05) is 0 Å². The lowest BCUT2D eigenvalue weighted by Crippen LogP contribution is -2.14. The average Bonchev–Trinajstić information content (AvgIpc) is 3.53. The van der Waals surface area contributed by atoms with Gasteiger partial charge in [-0.1, -0.05) is 60.7 Å². The fourth-order valence-electron chi connectivity index (χ4n) is 3.86. The minimum atomic E-state index is -0.719. The molecular weight excluding hydrogens is 476 g/mol. The predicted octanol–water partition coefficient (Wildman–Crippen LogP) is 7.24. The van der Waals surface area contributed by atoms with Crippen molar-refractivity contribution in [2.24, 2.45) is 0 Å². The second kappa shape index (κ2) is 8.87. The van der Waals surface area contributed by atoms with Crippen molar-refractivity contribution >= 4 is 55.0 Å². The van der Waals surface area contributed by atoms with E-state index >= 15 is 0 Å². The van der Waals surface area contributed by atoms with Crippen LogP contribution < -0.4 is 0 Å². The summed E-state index contributed by atoms with van der Waals surface area (Å²) in [7, 11) is 0. The largest absolute Gasteiger partial charge is 0.386 e. The van der Waals surface area contributed by atoms with Crippen molar-refractivity contribution in [1.29, 1.82) is 0 Å². The van der Waals surface area contributed by atoms with Gasteiger partial charge in [0.05, 0.1) is 31.6 Å². The Labute approximate surface area is 208 Å². The van der Waals surface area contributed by atoms with Gasteiger partial charge in [-0.15, -0.1) is 22.7 Å². The van der Waals surface area contributed by atoms with Gasteiger partial charge in [0.25, 0.3) is 0 Å². The van der Waals surface area contributed by atoms with Crippen LogP contribution in [0.1, 0.15) is 20.7 Å². The molecule has 0 amide bonds. The maximum absolute atomic E-state index is 13.1. The number of aromatic nitrogens is 2. The molecule has 0 radical (unpaired) electrons. The van der Waals surface area contributed by atoms with E-state index in [1.165, 1.54) is 22.7 Å². The maximum atomic E-state index is 13.1. The molecule has 5 nitrogen and oxygen atoms in total. The molecule has 0 fully saturated rings. The number of carbonyl (C=O) groups is 2. The molecular formula is C28H16N2O3S2. The SMILES string of the molecule is O=C(OC(=O)c1ccccc1-c1nc2ccccc2s1)c1ccccc1-c1nc2ccccc2s1. The van der Waals surface area contributed by atoms with E-state index in [1.54, 1.807) is 24.3 Å². The van der Waals surface area contributed by atoms with E-state index in [0.29, 0.717) is 21.1 Å². The van der Waals surface area contributed by atoms with Gasteiger partial charge in [0.2, 0.25) is 0 Å². The van der Waals surface area contributed by atoms with E-state index in [9.17, 15) is 9.59 Å². The minimum absolute atomic E-state index is 0.289. The van der Waals surface area contributed by atoms with E-state index in [2.05, 4.69) is 9.97 Å². The van der Waals surface area contributed by atoms with Crippen molar-refractivity contribution in [3.05, 3.63) is 108 Å². The Morgan fingerprint density at radius 1 is 0.543 bits per heavy atom. The monoisotopic (exact) mass is 492 g/mol. The van der Waals surface area contributed by atoms with Crippen LogP contribution in [0.4, 0.5) is 0 Å². The van der Waals surface area contributed by atoms with E-state index in [-0.39, 0.29) is 11.1 Å². The second-order valence-corrected chi connectivity index (χ2v) is 9.80. The third-order valence-corrected chi connectivity index (χ3v) is 7.67. The molecule has 0 N–H and O–H groups in total. The summed E-state index contributed by atoms with van der Waals surface area (Å²) < 4.78 is 7.41. The lowest BCUT2D eigenvalue weighted by atomic mass is 10.1. The summed E-state index contributed by atoms with van der Waals surface area (Å²) in [5, 5.41) is 1.39. The third-order valence-electron chi connectivity index (χ3n) is 5.53. The Hall–Kier alpha value is -4.20. The number of benzene rings is 4. The fraction of sp³-hybridized carbons (Fsp3) is 0. The van der Waals surface area contributed by atoms with E-state index < -0.39 is 11.9 Å². The number of thiazole rings is 2. The van der Waals surface area contributed by atoms with Crippen LogP contribution in [-0.4, -0.2) is 21.9 Å². The first-order chi connectivity index (χ1) is 17.2.